The molecule has 3 aromatic carbocycles. The van der Waals surface area contributed by atoms with Crippen LogP contribution in [-0.2, 0) is 22.6 Å². The van der Waals surface area contributed by atoms with E-state index >= 15 is 0 Å². The van der Waals surface area contributed by atoms with Crippen LogP contribution in [0.25, 0.3) is 10.8 Å². The topological polar surface area (TPSA) is 49.9 Å². The van der Waals surface area contributed by atoms with E-state index in [1.54, 1.807) is 41.5 Å². The van der Waals surface area contributed by atoms with Gasteiger partial charge in [0, 0.05) is 30.6 Å². The van der Waals surface area contributed by atoms with Crippen LogP contribution in [0.4, 0.5) is 4.39 Å². The molecule has 0 aliphatic rings. The third-order valence-corrected chi connectivity index (χ3v) is 7.12. The van der Waals surface area contributed by atoms with Crippen molar-refractivity contribution in [2.45, 2.75) is 20.0 Å². The number of carbonyl (C=O) groups excluding carboxylic acids is 2. The fraction of sp³-hybridized carbons (Fsp3) is 0.241. The Hall–Kier alpha value is -3.55. The van der Waals surface area contributed by atoms with Gasteiger partial charge in [0.25, 0.3) is 5.91 Å². The number of benzene rings is 3. The highest BCUT2D eigenvalue weighted by Gasteiger charge is 2.23. The van der Waals surface area contributed by atoms with E-state index < -0.39 is 0 Å². The fourth-order valence-electron chi connectivity index (χ4n) is 4.00. The molecule has 0 saturated heterocycles. The number of aryl methyl sites for hydroxylation is 1. The molecule has 7 heteroatoms. The monoisotopic (exact) mass is 504 g/mol. The molecule has 36 heavy (non-hydrogen) atoms. The lowest BCUT2D eigenvalue weighted by atomic mass is 10.1. The molecule has 5 nitrogen and oxygen atoms in total. The normalized spacial score (nSPS) is 11.0. The smallest absolute Gasteiger partial charge is 0.254 e. The molecule has 0 atom stereocenters. The van der Waals surface area contributed by atoms with Crippen molar-refractivity contribution in [3.63, 3.8) is 0 Å². The average molecular weight is 505 g/mol. The summed E-state index contributed by atoms with van der Waals surface area (Å²) in [6.07, 6.45) is 0. The number of hydrogen-bond acceptors (Lipinski definition) is 4. The minimum atomic E-state index is -0.322. The Morgan fingerprint density at radius 1 is 0.917 bits per heavy atom. The summed E-state index contributed by atoms with van der Waals surface area (Å²) in [4.78, 5) is 31.4. The van der Waals surface area contributed by atoms with Gasteiger partial charge in [-0.3, -0.25) is 9.59 Å². The van der Waals surface area contributed by atoms with Gasteiger partial charge in [0.2, 0.25) is 5.91 Å². The highest BCUT2D eigenvalue weighted by molar-refractivity contribution is 7.10. The molecule has 0 bridgehead atoms. The highest BCUT2D eigenvalue weighted by atomic mass is 32.1. The molecule has 0 saturated carbocycles. The number of thiophene rings is 1. The summed E-state index contributed by atoms with van der Waals surface area (Å²) in [5, 5.41) is 4.01. The van der Waals surface area contributed by atoms with E-state index in [1.165, 1.54) is 17.0 Å². The number of nitrogens with zero attached hydrogens (tertiary/aromatic N) is 2. The van der Waals surface area contributed by atoms with Crippen molar-refractivity contribution in [3.05, 3.63) is 106 Å². The number of rotatable bonds is 10. The predicted molar refractivity (Wildman–Crippen MR) is 141 cm³/mol. The standard InChI is InChI=1S/C29H29FN2O3S/c1-21-13-16-36-27(21)19-32(18-22-7-11-26(30)12-8-22)28(33)20-31(14-15-35-2)29(34)25-10-9-23-5-3-4-6-24(23)17-25/h3-13,16-17H,14-15,18-20H2,1-2H3. The Morgan fingerprint density at radius 3 is 2.36 bits per heavy atom. The Bertz CT molecular complexity index is 1340. The van der Waals surface area contributed by atoms with Crippen LogP contribution >= 0.6 is 11.3 Å². The van der Waals surface area contributed by atoms with E-state index in [9.17, 15) is 14.0 Å². The first-order valence-corrected chi connectivity index (χ1v) is 12.6. The van der Waals surface area contributed by atoms with Gasteiger partial charge in [-0.2, -0.15) is 0 Å². The van der Waals surface area contributed by atoms with Gasteiger partial charge in [-0.05, 0) is 64.5 Å². The Labute approximate surface area is 214 Å². The van der Waals surface area contributed by atoms with E-state index in [2.05, 4.69) is 0 Å². The second kappa shape index (κ2) is 11.9. The average Bonchev–Trinajstić information content (AvgIpc) is 3.30. The summed E-state index contributed by atoms with van der Waals surface area (Å²) in [5.74, 6) is -0.727. The van der Waals surface area contributed by atoms with Gasteiger partial charge in [0.15, 0.2) is 0 Å². The van der Waals surface area contributed by atoms with Crippen LogP contribution in [0.2, 0.25) is 0 Å². The summed E-state index contributed by atoms with van der Waals surface area (Å²) < 4.78 is 18.7. The van der Waals surface area contributed by atoms with Crippen LogP contribution in [0.5, 0.6) is 0 Å². The molecular formula is C29H29FN2O3S. The minimum absolute atomic E-state index is 0.0827. The van der Waals surface area contributed by atoms with Gasteiger partial charge in [-0.1, -0.05) is 42.5 Å². The predicted octanol–water partition coefficient (Wildman–Crippen LogP) is 5.67. The third kappa shape index (κ3) is 6.36. The van der Waals surface area contributed by atoms with Crippen LogP contribution in [0.1, 0.15) is 26.4 Å². The van der Waals surface area contributed by atoms with E-state index in [4.69, 9.17) is 4.74 Å². The van der Waals surface area contributed by atoms with Crippen LogP contribution in [0.15, 0.2) is 78.2 Å². The molecule has 0 fully saturated rings. The Morgan fingerprint density at radius 2 is 1.67 bits per heavy atom. The lowest BCUT2D eigenvalue weighted by Crippen LogP contribution is -2.43. The number of halogens is 1. The molecule has 2 amide bonds. The summed E-state index contributed by atoms with van der Waals surface area (Å²) in [6.45, 7) is 3.27. The van der Waals surface area contributed by atoms with Gasteiger partial charge in [-0.25, -0.2) is 4.39 Å². The number of amides is 2. The molecule has 4 rings (SSSR count). The number of methoxy groups -OCH3 is 1. The van der Waals surface area contributed by atoms with Crippen molar-refractivity contribution in [1.29, 1.82) is 0 Å². The maximum Gasteiger partial charge on any atom is 0.254 e. The molecule has 186 valence electrons. The van der Waals surface area contributed by atoms with Gasteiger partial charge in [-0.15, -0.1) is 11.3 Å². The van der Waals surface area contributed by atoms with Gasteiger partial charge in [0.1, 0.15) is 12.4 Å². The first-order chi connectivity index (χ1) is 17.4. The van der Waals surface area contributed by atoms with E-state index in [0.717, 1.165) is 26.8 Å². The van der Waals surface area contributed by atoms with Crippen molar-refractivity contribution < 1.29 is 18.7 Å². The lowest BCUT2D eigenvalue weighted by molar-refractivity contribution is -0.133. The zero-order chi connectivity index (χ0) is 25.5. The van der Waals surface area contributed by atoms with Crippen molar-refractivity contribution in [2.75, 3.05) is 26.8 Å². The van der Waals surface area contributed by atoms with Gasteiger partial charge < -0.3 is 14.5 Å². The van der Waals surface area contributed by atoms with Crippen LogP contribution < -0.4 is 0 Å². The second-order valence-corrected chi connectivity index (χ2v) is 9.69. The Balaban J connectivity index is 1.57. The van der Waals surface area contributed by atoms with Crippen molar-refractivity contribution in [3.8, 4) is 0 Å². The molecule has 0 spiro atoms. The first kappa shape index (κ1) is 25.5. The third-order valence-electron chi connectivity index (χ3n) is 6.12. The second-order valence-electron chi connectivity index (χ2n) is 8.68. The first-order valence-electron chi connectivity index (χ1n) is 11.8. The fourth-order valence-corrected chi connectivity index (χ4v) is 4.92. The SMILES string of the molecule is COCCN(CC(=O)N(Cc1ccc(F)cc1)Cc1sccc1C)C(=O)c1ccc2ccccc2c1. The van der Waals surface area contributed by atoms with E-state index in [0.29, 0.717) is 25.3 Å². The van der Waals surface area contributed by atoms with Crippen LogP contribution in [0.3, 0.4) is 0 Å². The number of ether oxygens (including phenoxy) is 1. The quantitative estimate of drug-likeness (QED) is 0.280. The van der Waals surface area contributed by atoms with E-state index in [-0.39, 0.29) is 30.7 Å². The molecule has 0 unspecified atom stereocenters. The van der Waals surface area contributed by atoms with Crippen LogP contribution in [-0.4, -0.2) is 48.4 Å². The molecule has 0 N–H and O–H groups in total. The molecule has 0 aliphatic carbocycles. The number of fused-ring (bicyclic) bond motifs is 1. The summed E-state index contributed by atoms with van der Waals surface area (Å²) in [5.41, 5.74) is 2.46. The lowest BCUT2D eigenvalue weighted by Gasteiger charge is -2.28. The van der Waals surface area contributed by atoms with E-state index in [1.807, 2.05) is 54.8 Å². The van der Waals surface area contributed by atoms with Gasteiger partial charge >= 0.3 is 0 Å². The maximum absolute atomic E-state index is 13.6. The minimum Gasteiger partial charge on any atom is -0.383 e. The molecule has 1 aromatic heterocycles. The zero-order valence-electron chi connectivity index (χ0n) is 20.4. The maximum atomic E-state index is 13.6. The Kier molecular flexibility index (Phi) is 8.46. The summed E-state index contributed by atoms with van der Waals surface area (Å²) in [7, 11) is 1.57. The molecule has 4 aromatic rings. The van der Waals surface area contributed by atoms with Crippen LogP contribution in [0, 0.1) is 12.7 Å². The summed E-state index contributed by atoms with van der Waals surface area (Å²) >= 11 is 1.59. The number of carbonyl (C=O) groups is 2. The van der Waals surface area contributed by atoms with Crippen molar-refractivity contribution in [2.24, 2.45) is 0 Å². The summed E-state index contributed by atoms with van der Waals surface area (Å²) in [6, 6.07) is 21.6. The zero-order valence-corrected chi connectivity index (χ0v) is 21.3. The highest BCUT2D eigenvalue weighted by Crippen LogP contribution is 2.21. The largest absolute Gasteiger partial charge is 0.383 e. The van der Waals surface area contributed by atoms with Crippen molar-refractivity contribution in [1.82, 2.24) is 9.80 Å². The van der Waals surface area contributed by atoms with Crippen molar-refractivity contribution >= 4 is 33.9 Å². The molecule has 0 aliphatic heterocycles. The molecule has 1 heterocycles. The number of hydrogen-bond donors (Lipinski definition) is 0. The molecular weight excluding hydrogens is 475 g/mol. The molecule has 0 radical (unpaired) electrons. The van der Waals surface area contributed by atoms with Gasteiger partial charge in [0.05, 0.1) is 13.2 Å².